The number of rotatable bonds is 2. The third-order valence-electron chi connectivity index (χ3n) is 1.57. The Labute approximate surface area is 94.0 Å². The second-order valence-electron chi connectivity index (χ2n) is 2.45. The van der Waals surface area contributed by atoms with E-state index in [1.54, 1.807) is 0 Å². The van der Waals surface area contributed by atoms with Crippen molar-refractivity contribution in [2.24, 2.45) is 0 Å². The minimum absolute atomic E-state index is 0.200. The maximum atomic E-state index is 11.0. The number of esters is 1. The van der Waals surface area contributed by atoms with Crippen LogP contribution in [0.3, 0.4) is 0 Å². The van der Waals surface area contributed by atoms with E-state index in [9.17, 15) is 9.90 Å². The molecule has 1 heterocycles. The van der Waals surface area contributed by atoms with E-state index in [4.69, 9.17) is 11.6 Å². The van der Waals surface area contributed by atoms with Crippen LogP contribution in [0.25, 0.3) is 0 Å². The monoisotopic (exact) mass is 279 g/mol. The van der Waals surface area contributed by atoms with Gasteiger partial charge in [0.25, 0.3) is 0 Å². The zero-order valence-electron chi connectivity index (χ0n) is 7.20. The molecule has 14 heavy (non-hydrogen) atoms. The second kappa shape index (κ2) is 4.72. The molecule has 4 nitrogen and oxygen atoms in total. The van der Waals surface area contributed by atoms with Gasteiger partial charge in [0.05, 0.1) is 7.11 Å². The van der Waals surface area contributed by atoms with Crippen molar-refractivity contribution >= 4 is 33.5 Å². The standard InChI is InChI=1S/C8H7BrClNO3/c1-14-8(13)7(12)4-2-6(10)11-3-5(4)9/h2-3,7,12H,1H3. The smallest absolute Gasteiger partial charge is 0.339 e. The predicted octanol–water partition coefficient (Wildman–Crippen LogP) is 1.70. The van der Waals surface area contributed by atoms with Crippen LogP contribution in [0.4, 0.5) is 0 Å². The largest absolute Gasteiger partial charge is 0.467 e. The van der Waals surface area contributed by atoms with Crippen molar-refractivity contribution in [1.29, 1.82) is 0 Å². The van der Waals surface area contributed by atoms with E-state index in [-0.39, 0.29) is 5.15 Å². The number of nitrogens with zero attached hydrogens (tertiary/aromatic N) is 1. The molecule has 0 spiro atoms. The number of aliphatic hydroxyl groups is 1. The van der Waals surface area contributed by atoms with Crippen LogP contribution in [0.2, 0.25) is 5.15 Å². The molecule has 1 aromatic heterocycles. The van der Waals surface area contributed by atoms with Crippen LogP contribution < -0.4 is 0 Å². The number of hydrogen-bond donors (Lipinski definition) is 1. The summed E-state index contributed by atoms with van der Waals surface area (Å²) in [6, 6.07) is 1.40. The number of methoxy groups -OCH3 is 1. The topological polar surface area (TPSA) is 59.4 Å². The Bertz CT molecular complexity index is 358. The number of carbonyl (C=O) groups is 1. The van der Waals surface area contributed by atoms with Crippen molar-refractivity contribution in [3.05, 3.63) is 27.5 Å². The van der Waals surface area contributed by atoms with Gasteiger partial charge in [-0.3, -0.25) is 0 Å². The second-order valence-corrected chi connectivity index (χ2v) is 3.70. The van der Waals surface area contributed by atoms with E-state index in [0.717, 1.165) is 0 Å². The molecule has 0 aliphatic heterocycles. The molecule has 0 bridgehead atoms. The van der Waals surface area contributed by atoms with Crippen LogP contribution in [-0.2, 0) is 9.53 Å². The summed E-state index contributed by atoms with van der Waals surface area (Å²) < 4.78 is 4.89. The number of hydrogen-bond acceptors (Lipinski definition) is 4. The molecule has 76 valence electrons. The van der Waals surface area contributed by atoms with Crippen LogP contribution in [0, 0.1) is 0 Å². The predicted molar refractivity (Wildman–Crippen MR) is 53.9 cm³/mol. The lowest BCUT2D eigenvalue weighted by molar-refractivity contribution is -0.150. The van der Waals surface area contributed by atoms with Crippen molar-refractivity contribution < 1.29 is 14.6 Å². The van der Waals surface area contributed by atoms with Gasteiger partial charge in [0.2, 0.25) is 0 Å². The van der Waals surface area contributed by atoms with Gasteiger partial charge >= 0.3 is 5.97 Å². The molecule has 0 amide bonds. The molecular formula is C8H7BrClNO3. The molecule has 6 heteroatoms. The zero-order chi connectivity index (χ0) is 10.7. The van der Waals surface area contributed by atoms with Crippen molar-refractivity contribution in [2.75, 3.05) is 7.11 Å². The summed E-state index contributed by atoms with van der Waals surface area (Å²) >= 11 is 8.75. The molecule has 0 aromatic carbocycles. The quantitative estimate of drug-likeness (QED) is 0.662. The summed E-state index contributed by atoms with van der Waals surface area (Å²) in [7, 11) is 1.20. The van der Waals surface area contributed by atoms with E-state index < -0.39 is 12.1 Å². The van der Waals surface area contributed by atoms with Gasteiger partial charge in [0, 0.05) is 16.2 Å². The van der Waals surface area contributed by atoms with Gasteiger partial charge in [-0.25, -0.2) is 9.78 Å². The van der Waals surface area contributed by atoms with Crippen LogP contribution in [0.1, 0.15) is 11.7 Å². The molecule has 0 radical (unpaired) electrons. The number of aromatic nitrogens is 1. The SMILES string of the molecule is COC(=O)C(O)c1cc(Cl)ncc1Br. The van der Waals surface area contributed by atoms with Crippen molar-refractivity contribution in [1.82, 2.24) is 4.98 Å². The first-order valence-electron chi connectivity index (χ1n) is 3.63. The summed E-state index contributed by atoms with van der Waals surface area (Å²) in [6.45, 7) is 0. The first-order valence-corrected chi connectivity index (χ1v) is 4.80. The van der Waals surface area contributed by atoms with E-state index in [1.165, 1.54) is 19.4 Å². The lowest BCUT2D eigenvalue weighted by atomic mass is 10.1. The molecule has 1 rings (SSSR count). The minimum Gasteiger partial charge on any atom is -0.467 e. The highest BCUT2D eigenvalue weighted by Crippen LogP contribution is 2.25. The minimum atomic E-state index is -1.35. The molecule has 0 aliphatic carbocycles. The fourth-order valence-electron chi connectivity index (χ4n) is 0.876. The van der Waals surface area contributed by atoms with Gasteiger partial charge in [-0.15, -0.1) is 0 Å². The Hall–Kier alpha value is -0.650. The first kappa shape index (κ1) is 11.4. The fraction of sp³-hybridized carbons (Fsp3) is 0.250. The van der Waals surface area contributed by atoms with E-state index in [1.807, 2.05) is 0 Å². The van der Waals surface area contributed by atoms with Crippen LogP contribution in [0.5, 0.6) is 0 Å². The summed E-state index contributed by atoms with van der Waals surface area (Å²) in [5.41, 5.74) is 0.330. The molecule has 1 atom stereocenters. The van der Waals surface area contributed by atoms with Gasteiger partial charge in [-0.2, -0.15) is 0 Å². The zero-order valence-corrected chi connectivity index (χ0v) is 9.54. The average molecular weight is 281 g/mol. The number of aliphatic hydroxyl groups excluding tert-OH is 1. The number of carbonyl (C=O) groups excluding carboxylic acids is 1. The molecular weight excluding hydrogens is 273 g/mol. The summed E-state index contributed by atoms with van der Waals surface area (Å²) in [4.78, 5) is 14.8. The van der Waals surface area contributed by atoms with Crippen LogP contribution in [0.15, 0.2) is 16.7 Å². The van der Waals surface area contributed by atoms with Crippen LogP contribution in [-0.4, -0.2) is 23.2 Å². The van der Waals surface area contributed by atoms with Gasteiger partial charge in [0.15, 0.2) is 6.10 Å². The maximum Gasteiger partial charge on any atom is 0.339 e. The third kappa shape index (κ3) is 2.43. The van der Waals surface area contributed by atoms with Crippen molar-refractivity contribution in [3.63, 3.8) is 0 Å². The Morgan fingerprint density at radius 3 is 3.00 bits per heavy atom. The van der Waals surface area contributed by atoms with E-state index >= 15 is 0 Å². The number of ether oxygens (including phenoxy) is 1. The number of halogens is 2. The van der Waals surface area contributed by atoms with Crippen LogP contribution >= 0.6 is 27.5 Å². The molecule has 0 aliphatic rings. The van der Waals surface area contributed by atoms with Crippen molar-refractivity contribution in [2.45, 2.75) is 6.10 Å². The molecule has 1 unspecified atom stereocenters. The molecule has 1 N–H and O–H groups in total. The molecule has 0 saturated heterocycles. The van der Waals surface area contributed by atoms with Gasteiger partial charge in [0.1, 0.15) is 5.15 Å². The first-order chi connectivity index (χ1) is 6.56. The Balaban J connectivity index is 3.05. The van der Waals surface area contributed by atoms with Gasteiger partial charge < -0.3 is 9.84 Å². The van der Waals surface area contributed by atoms with E-state index in [2.05, 4.69) is 25.7 Å². The summed E-state index contributed by atoms with van der Waals surface area (Å²) in [5.74, 6) is -0.743. The highest BCUT2D eigenvalue weighted by molar-refractivity contribution is 9.10. The Morgan fingerprint density at radius 2 is 2.43 bits per heavy atom. The number of pyridine rings is 1. The van der Waals surface area contributed by atoms with Crippen molar-refractivity contribution in [3.8, 4) is 0 Å². The molecule has 1 aromatic rings. The average Bonchev–Trinajstić information content (AvgIpc) is 2.19. The maximum absolute atomic E-state index is 11.0. The fourth-order valence-corrected chi connectivity index (χ4v) is 1.48. The Kier molecular flexibility index (Phi) is 3.86. The van der Waals surface area contributed by atoms with Gasteiger partial charge in [-0.1, -0.05) is 11.6 Å². The normalized spacial score (nSPS) is 12.3. The molecule has 0 fully saturated rings. The highest BCUT2D eigenvalue weighted by Gasteiger charge is 2.20. The Morgan fingerprint density at radius 1 is 1.79 bits per heavy atom. The van der Waals surface area contributed by atoms with E-state index in [0.29, 0.717) is 10.0 Å². The lowest BCUT2D eigenvalue weighted by Gasteiger charge is -2.10. The van der Waals surface area contributed by atoms with Gasteiger partial charge in [-0.05, 0) is 22.0 Å². The summed E-state index contributed by atoms with van der Waals surface area (Å²) in [6.07, 6.45) is 0.0546. The summed E-state index contributed by atoms with van der Waals surface area (Å²) in [5, 5.41) is 9.70. The third-order valence-corrected chi connectivity index (χ3v) is 2.44. The molecule has 0 saturated carbocycles. The highest BCUT2D eigenvalue weighted by atomic mass is 79.9. The lowest BCUT2D eigenvalue weighted by Crippen LogP contribution is -2.14.